The molecule has 0 saturated heterocycles. The molecule has 0 radical (unpaired) electrons. The van der Waals surface area contributed by atoms with Crippen LogP contribution in [0, 0.1) is 0 Å². The minimum absolute atomic E-state index is 0.375. The summed E-state index contributed by atoms with van der Waals surface area (Å²) in [5.74, 6) is -0.375. The molecular formula is C10H8N2O2S. The molecule has 0 bridgehead atoms. The number of aryl methyl sites for hydroxylation is 1. The summed E-state index contributed by atoms with van der Waals surface area (Å²) < 4.78 is 6.64. The van der Waals surface area contributed by atoms with Crippen molar-refractivity contribution in [1.29, 1.82) is 0 Å². The first-order valence-electron chi connectivity index (χ1n) is 4.48. The number of benzene rings is 1. The molecule has 0 aliphatic heterocycles. The average molecular weight is 220 g/mol. The lowest BCUT2D eigenvalue weighted by Crippen LogP contribution is -2.11. The van der Waals surface area contributed by atoms with Crippen LogP contribution in [0.3, 0.4) is 0 Å². The second kappa shape index (κ2) is 3.81. The highest BCUT2D eigenvalue weighted by Crippen LogP contribution is 2.24. The fourth-order valence-electron chi connectivity index (χ4n) is 1.51. The topological polar surface area (TPSA) is 47.5 Å². The van der Waals surface area contributed by atoms with Crippen molar-refractivity contribution in [3.05, 3.63) is 28.7 Å². The molecule has 2 aromatic rings. The standard InChI is InChI=1S/C10H8N2O2S/c1-2-12-8-5-3-4-7(11-6-15)9(8)14-10(12)13/h3-5H,2H2,1H3. The van der Waals surface area contributed by atoms with Gasteiger partial charge in [0.25, 0.3) is 0 Å². The Morgan fingerprint density at radius 1 is 1.60 bits per heavy atom. The van der Waals surface area contributed by atoms with E-state index in [9.17, 15) is 4.79 Å². The predicted octanol–water partition coefficient (Wildman–Crippen LogP) is 2.35. The number of thiocarbonyl (C=S) groups is 1. The van der Waals surface area contributed by atoms with Crippen LogP contribution < -0.4 is 5.76 Å². The molecule has 0 aliphatic carbocycles. The number of aromatic nitrogens is 1. The van der Waals surface area contributed by atoms with Crippen molar-refractivity contribution < 1.29 is 4.42 Å². The Morgan fingerprint density at radius 3 is 3.07 bits per heavy atom. The first-order chi connectivity index (χ1) is 7.27. The molecule has 1 heterocycles. The van der Waals surface area contributed by atoms with Crippen molar-refractivity contribution in [2.45, 2.75) is 13.5 Å². The van der Waals surface area contributed by atoms with Crippen LogP contribution in [0.25, 0.3) is 11.1 Å². The fourth-order valence-corrected chi connectivity index (χ4v) is 1.61. The largest absolute Gasteiger partial charge is 0.420 e. The second-order valence-corrected chi connectivity index (χ2v) is 3.12. The van der Waals surface area contributed by atoms with Gasteiger partial charge in [-0.3, -0.25) is 4.57 Å². The number of rotatable bonds is 2. The highest BCUT2D eigenvalue weighted by Gasteiger charge is 2.10. The molecule has 0 aliphatic rings. The number of isothiocyanates is 1. The molecule has 2 rings (SSSR count). The van der Waals surface area contributed by atoms with Gasteiger partial charge in [-0.15, -0.1) is 0 Å². The Balaban J connectivity index is 2.89. The highest BCUT2D eigenvalue weighted by molar-refractivity contribution is 7.78. The number of hydrogen-bond donors (Lipinski definition) is 0. The quantitative estimate of drug-likeness (QED) is 0.576. The number of fused-ring (bicyclic) bond motifs is 1. The van der Waals surface area contributed by atoms with Gasteiger partial charge in [0.1, 0.15) is 5.69 Å². The molecule has 0 fully saturated rings. The zero-order chi connectivity index (χ0) is 10.8. The highest BCUT2D eigenvalue weighted by atomic mass is 32.1. The van der Waals surface area contributed by atoms with Crippen molar-refractivity contribution >= 4 is 34.2 Å². The molecule has 0 N–H and O–H groups in total. The van der Waals surface area contributed by atoms with Gasteiger partial charge in [-0.2, -0.15) is 4.99 Å². The maximum absolute atomic E-state index is 11.4. The van der Waals surface area contributed by atoms with Crippen LogP contribution in [0.2, 0.25) is 0 Å². The lowest BCUT2D eigenvalue weighted by Gasteiger charge is -1.95. The third kappa shape index (κ3) is 1.52. The third-order valence-corrected chi connectivity index (χ3v) is 2.25. The van der Waals surface area contributed by atoms with Gasteiger partial charge >= 0.3 is 5.76 Å². The normalized spacial score (nSPS) is 10.2. The second-order valence-electron chi connectivity index (χ2n) is 2.94. The van der Waals surface area contributed by atoms with Crippen LogP contribution in [0.5, 0.6) is 0 Å². The van der Waals surface area contributed by atoms with Gasteiger partial charge in [-0.25, -0.2) is 4.79 Å². The zero-order valence-electron chi connectivity index (χ0n) is 8.06. The van der Waals surface area contributed by atoms with E-state index in [4.69, 9.17) is 4.42 Å². The minimum Gasteiger partial charge on any atom is -0.405 e. The minimum atomic E-state index is -0.375. The maximum atomic E-state index is 11.4. The first kappa shape index (κ1) is 9.83. The van der Waals surface area contributed by atoms with Crippen molar-refractivity contribution in [3.8, 4) is 0 Å². The van der Waals surface area contributed by atoms with Crippen LogP contribution in [0.1, 0.15) is 6.92 Å². The summed E-state index contributed by atoms with van der Waals surface area (Å²) in [5, 5.41) is 2.26. The molecule has 0 spiro atoms. The van der Waals surface area contributed by atoms with Gasteiger partial charge in [0, 0.05) is 6.54 Å². The lowest BCUT2D eigenvalue weighted by atomic mass is 10.3. The number of nitrogens with zero attached hydrogens (tertiary/aromatic N) is 2. The number of hydrogen-bond acceptors (Lipinski definition) is 4. The van der Waals surface area contributed by atoms with E-state index in [0.717, 1.165) is 5.52 Å². The Labute approximate surface area is 90.8 Å². The molecule has 0 unspecified atom stereocenters. The molecule has 0 atom stereocenters. The summed E-state index contributed by atoms with van der Waals surface area (Å²) in [6.07, 6.45) is 0. The molecule has 15 heavy (non-hydrogen) atoms. The Hall–Kier alpha value is -1.71. The summed E-state index contributed by atoms with van der Waals surface area (Å²) in [4.78, 5) is 15.3. The molecule has 0 amide bonds. The van der Waals surface area contributed by atoms with Gasteiger partial charge in [-0.1, -0.05) is 6.07 Å². The average Bonchev–Trinajstić information content (AvgIpc) is 2.55. The van der Waals surface area contributed by atoms with Crippen LogP contribution >= 0.6 is 12.2 Å². The monoisotopic (exact) mass is 220 g/mol. The van der Waals surface area contributed by atoms with Crippen molar-refractivity contribution in [1.82, 2.24) is 4.57 Å². The number of aliphatic imine (C=N–C) groups is 1. The Morgan fingerprint density at radius 2 is 2.40 bits per heavy atom. The van der Waals surface area contributed by atoms with Gasteiger partial charge in [0.05, 0.1) is 10.7 Å². The molecule has 5 heteroatoms. The van der Waals surface area contributed by atoms with Crippen molar-refractivity contribution in [3.63, 3.8) is 0 Å². The lowest BCUT2D eigenvalue weighted by molar-refractivity contribution is 0.513. The van der Waals surface area contributed by atoms with E-state index in [2.05, 4.69) is 22.4 Å². The summed E-state index contributed by atoms with van der Waals surface area (Å²) in [7, 11) is 0. The summed E-state index contributed by atoms with van der Waals surface area (Å²) in [5.41, 5.74) is 1.72. The van der Waals surface area contributed by atoms with Crippen molar-refractivity contribution in [2.24, 2.45) is 4.99 Å². The SMILES string of the molecule is CCn1c(=O)oc2c(N=C=S)cccc21. The van der Waals surface area contributed by atoms with Crippen molar-refractivity contribution in [2.75, 3.05) is 0 Å². The van der Waals surface area contributed by atoms with Gasteiger partial charge in [0.15, 0.2) is 5.58 Å². The number of para-hydroxylation sites is 1. The summed E-state index contributed by atoms with van der Waals surface area (Å²) >= 11 is 4.52. The first-order valence-corrected chi connectivity index (χ1v) is 4.89. The molecule has 0 saturated carbocycles. The molecule has 1 aromatic carbocycles. The van der Waals surface area contributed by atoms with E-state index in [0.29, 0.717) is 17.8 Å². The molecular weight excluding hydrogens is 212 g/mol. The van der Waals surface area contributed by atoms with E-state index < -0.39 is 0 Å². The van der Waals surface area contributed by atoms with Crippen LogP contribution in [-0.2, 0) is 6.54 Å². The zero-order valence-corrected chi connectivity index (χ0v) is 8.87. The molecule has 1 aromatic heterocycles. The third-order valence-electron chi connectivity index (χ3n) is 2.16. The van der Waals surface area contributed by atoms with E-state index in [-0.39, 0.29) is 5.76 Å². The van der Waals surface area contributed by atoms with E-state index in [1.54, 1.807) is 12.1 Å². The van der Waals surface area contributed by atoms with Gasteiger partial charge < -0.3 is 4.42 Å². The predicted molar refractivity (Wildman–Crippen MR) is 60.8 cm³/mol. The Kier molecular flexibility index (Phi) is 2.49. The van der Waals surface area contributed by atoms with Gasteiger partial charge in [-0.05, 0) is 31.3 Å². The maximum Gasteiger partial charge on any atom is 0.420 e. The fraction of sp³-hybridized carbons (Fsp3) is 0.200. The molecule has 76 valence electrons. The number of oxazole rings is 1. The molecule has 4 nitrogen and oxygen atoms in total. The van der Waals surface area contributed by atoms with E-state index in [1.165, 1.54) is 4.57 Å². The van der Waals surface area contributed by atoms with Crippen LogP contribution in [0.15, 0.2) is 32.4 Å². The smallest absolute Gasteiger partial charge is 0.405 e. The van der Waals surface area contributed by atoms with E-state index >= 15 is 0 Å². The summed E-state index contributed by atoms with van der Waals surface area (Å²) in [6, 6.07) is 5.34. The van der Waals surface area contributed by atoms with E-state index in [1.807, 2.05) is 13.0 Å². The van der Waals surface area contributed by atoms with Crippen LogP contribution in [0.4, 0.5) is 5.69 Å². The van der Waals surface area contributed by atoms with Gasteiger partial charge in [0.2, 0.25) is 0 Å². The van der Waals surface area contributed by atoms with Crippen LogP contribution in [-0.4, -0.2) is 9.73 Å². The Bertz CT molecular complexity index is 605. The summed E-state index contributed by atoms with van der Waals surface area (Å²) in [6.45, 7) is 2.45.